The van der Waals surface area contributed by atoms with Crippen molar-refractivity contribution in [3.63, 3.8) is 0 Å². The molecular formula is C16H25NO. The van der Waals surface area contributed by atoms with Crippen molar-refractivity contribution in [2.24, 2.45) is 5.92 Å². The Balaban J connectivity index is 1.88. The third kappa shape index (κ3) is 4.02. The number of aliphatic hydroxyl groups is 1. The Morgan fingerprint density at radius 2 is 2.00 bits per heavy atom. The lowest BCUT2D eigenvalue weighted by molar-refractivity contribution is 0.288. The Morgan fingerprint density at radius 3 is 2.72 bits per heavy atom. The average molecular weight is 247 g/mol. The van der Waals surface area contributed by atoms with Crippen molar-refractivity contribution in [2.75, 3.05) is 11.9 Å². The van der Waals surface area contributed by atoms with Crippen LogP contribution < -0.4 is 5.32 Å². The van der Waals surface area contributed by atoms with Crippen LogP contribution in [0.3, 0.4) is 0 Å². The molecule has 0 aliphatic heterocycles. The van der Waals surface area contributed by atoms with Gasteiger partial charge in [0.1, 0.15) is 0 Å². The smallest absolute Gasteiger partial charge is 0.0434 e. The lowest BCUT2D eigenvalue weighted by Gasteiger charge is -2.27. The Kier molecular flexibility index (Phi) is 5.06. The van der Waals surface area contributed by atoms with Crippen molar-refractivity contribution in [3.8, 4) is 0 Å². The first-order chi connectivity index (χ1) is 8.78. The first-order valence-corrected chi connectivity index (χ1v) is 7.24. The van der Waals surface area contributed by atoms with Crippen LogP contribution in [0, 0.1) is 5.92 Å². The fourth-order valence-corrected chi connectivity index (χ4v) is 2.74. The summed E-state index contributed by atoms with van der Waals surface area (Å²) < 4.78 is 0. The third-order valence-corrected chi connectivity index (χ3v) is 3.94. The molecule has 2 N–H and O–H groups in total. The summed E-state index contributed by atoms with van der Waals surface area (Å²) in [6.07, 6.45) is 7.10. The van der Waals surface area contributed by atoms with E-state index in [1.807, 2.05) is 0 Å². The molecule has 1 aromatic rings. The predicted molar refractivity (Wildman–Crippen MR) is 76.9 cm³/mol. The zero-order chi connectivity index (χ0) is 12.8. The molecule has 0 spiro atoms. The van der Waals surface area contributed by atoms with E-state index in [9.17, 15) is 0 Å². The Hall–Kier alpha value is -1.02. The van der Waals surface area contributed by atoms with Gasteiger partial charge in [-0.2, -0.15) is 0 Å². The van der Waals surface area contributed by atoms with E-state index in [1.165, 1.54) is 36.9 Å². The second-order valence-electron chi connectivity index (χ2n) is 5.63. The lowest BCUT2D eigenvalue weighted by atomic mass is 9.87. The van der Waals surface area contributed by atoms with Crippen molar-refractivity contribution in [1.82, 2.24) is 0 Å². The van der Waals surface area contributed by atoms with Gasteiger partial charge >= 0.3 is 0 Å². The van der Waals surface area contributed by atoms with Gasteiger partial charge in [-0.3, -0.25) is 0 Å². The van der Waals surface area contributed by atoms with E-state index in [0.29, 0.717) is 6.04 Å². The maximum Gasteiger partial charge on any atom is 0.0434 e. The molecule has 2 nitrogen and oxygen atoms in total. The molecule has 18 heavy (non-hydrogen) atoms. The minimum atomic E-state index is 0.276. The quantitative estimate of drug-likeness (QED) is 0.833. The van der Waals surface area contributed by atoms with Crippen LogP contribution in [0.5, 0.6) is 0 Å². The van der Waals surface area contributed by atoms with Gasteiger partial charge in [0, 0.05) is 18.3 Å². The third-order valence-electron chi connectivity index (χ3n) is 3.94. The first kappa shape index (κ1) is 13.4. The van der Waals surface area contributed by atoms with Gasteiger partial charge in [0.15, 0.2) is 0 Å². The van der Waals surface area contributed by atoms with E-state index in [0.717, 1.165) is 18.8 Å². The molecule has 1 aliphatic carbocycles. The summed E-state index contributed by atoms with van der Waals surface area (Å²) in [7, 11) is 0. The largest absolute Gasteiger partial charge is 0.396 e. The van der Waals surface area contributed by atoms with Crippen molar-refractivity contribution >= 4 is 5.69 Å². The second kappa shape index (κ2) is 6.79. The summed E-state index contributed by atoms with van der Waals surface area (Å²) in [6, 6.07) is 9.28. The highest BCUT2D eigenvalue weighted by Gasteiger charge is 2.17. The minimum absolute atomic E-state index is 0.276. The number of hydrogen-bond donors (Lipinski definition) is 2. The number of aryl methyl sites for hydroxylation is 1. The monoisotopic (exact) mass is 247 g/mol. The van der Waals surface area contributed by atoms with Gasteiger partial charge in [-0.1, -0.05) is 19.1 Å². The van der Waals surface area contributed by atoms with E-state index in [1.54, 1.807) is 0 Å². The number of rotatable bonds is 5. The predicted octanol–water partition coefficient (Wildman–Crippen LogP) is 3.60. The summed E-state index contributed by atoms with van der Waals surface area (Å²) in [5.74, 6) is 0.902. The van der Waals surface area contributed by atoms with E-state index < -0.39 is 0 Å². The van der Waals surface area contributed by atoms with Gasteiger partial charge in [-0.25, -0.2) is 0 Å². The van der Waals surface area contributed by atoms with Gasteiger partial charge in [0.2, 0.25) is 0 Å². The number of benzene rings is 1. The molecular weight excluding hydrogens is 222 g/mol. The number of anilines is 1. The molecule has 0 saturated heterocycles. The van der Waals surface area contributed by atoms with Crippen LogP contribution in [0.15, 0.2) is 24.3 Å². The fraction of sp³-hybridized carbons (Fsp3) is 0.625. The molecule has 0 atom stereocenters. The average Bonchev–Trinajstić information content (AvgIpc) is 2.40. The van der Waals surface area contributed by atoms with Gasteiger partial charge < -0.3 is 10.4 Å². The zero-order valence-corrected chi connectivity index (χ0v) is 11.4. The van der Waals surface area contributed by atoms with Gasteiger partial charge in [0.25, 0.3) is 0 Å². The number of hydrogen-bond acceptors (Lipinski definition) is 2. The van der Waals surface area contributed by atoms with Crippen LogP contribution >= 0.6 is 0 Å². The molecule has 0 heterocycles. The van der Waals surface area contributed by atoms with E-state index in [-0.39, 0.29) is 6.61 Å². The molecule has 0 aromatic heterocycles. The molecule has 2 heteroatoms. The summed E-state index contributed by atoms with van der Waals surface area (Å²) in [5, 5.41) is 12.5. The van der Waals surface area contributed by atoms with E-state index in [4.69, 9.17) is 5.11 Å². The molecule has 100 valence electrons. The maximum atomic E-state index is 8.87. The molecule has 1 saturated carbocycles. The van der Waals surface area contributed by atoms with Crippen LogP contribution in [0.25, 0.3) is 0 Å². The highest BCUT2D eigenvalue weighted by molar-refractivity contribution is 5.46. The SMILES string of the molecule is CC1CCC(Nc2cccc(CCCO)c2)CC1. The van der Waals surface area contributed by atoms with Crippen LogP contribution in [0.4, 0.5) is 5.69 Å². The van der Waals surface area contributed by atoms with Crippen LogP contribution in [-0.4, -0.2) is 17.8 Å². The standard InChI is InChI=1S/C16H25NO/c1-13-7-9-15(10-8-13)17-16-6-2-4-14(12-16)5-3-11-18/h2,4,6,12-13,15,17-18H,3,5,7-11H2,1H3. The van der Waals surface area contributed by atoms with Crippen LogP contribution in [0.2, 0.25) is 0 Å². The first-order valence-electron chi connectivity index (χ1n) is 7.24. The van der Waals surface area contributed by atoms with Gasteiger partial charge in [-0.05, 0) is 62.1 Å². The Bertz CT molecular complexity index is 356. The molecule has 1 aliphatic rings. The number of aliphatic hydroxyl groups excluding tert-OH is 1. The molecule has 0 bridgehead atoms. The van der Waals surface area contributed by atoms with Gasteiger partial charge in [0.05, 0.1) is 0 Å². The highest BCUT2D eigenvalue weighted by atomic mass is 16.2. The topological polar surface area (TPSA) is 32.3 Å². The highest BCUT2D eigenvalue weighted by Crippen LogP contribution is 2.26. The molecule has 1 fully saturated rings. The Labute approximate surface area is 110 Å². The van der Waals surface area contributed by atoms with Crippen molar-refractivity contribution < 1.29 is 5.11 Å². The van der Waals surface area contributed by atoms with E-state index >= 15 is 0 Å². The maximum absolute atomic E-state index is 8.87. The molecule has 1 aromatic carbocycles. The minimum Gasteiger partial charge on any atom is -0.396 e. The summed E-state index contributed by atoms with van der Waals surface area (Å²) in [4.78, 5) is 0. The van der Waals surface area contributed by atoms with E-state index in [2.05, 4.69) is 36.5 Å². The van der Waals surface area contributed by atoms with Crippen molar-refractivity contribution in [3.05, 3.63) is 29.8 Å². The normalized spacial score (nSPS) is 23.9. The van der Waals surface area contributed by atoms with Crippen LogP contribution in [0.1, 0.15) is 44.6 Å². The molecule has 2 rings (SSSR count). The summed E-state index contributed by atoms with van der Waals surface area (Å²) >= 11 is 0. The second-order valence-corrected chi connectivity index (χ2v) is 5.63. The zero-order valence-electron chi connectivity index (χ0n) is 11.4. The van der Waals surface area contributed by atoms with Crippen molar-refractivity contribution in [1.29, 1.82) is 0 Å². The lowest BCUT2D eigenvalue weighted by Crippen LogP contribution is -2.25. The number of nitrogens with one attached hydrogen (secondary N) is 1. The van der Waals surface area contributed by atoms with Crippen molar-refractivity contribution in [2.45, 2.75) is 51.5 Å². The Morgan fingerprint density at radius 1 is 1.22 bits per heavy atom. The molecule has 0 radical (unpaired) electrons. The summed E-state index contributed by atoms with van der Waals surface area (Å²) in [6.45, 7) is 2.63. The van der Waals surface area contributed by atoms with Crippen LogP contribution in [-0.2, 0) is 6.42 Å². The van der Waals surface area contributed by atoms with Gasteiger partial charge in [-0.15, -0.1) is 0 Å². The molecule has 0 unspecified atom stereocenters. The summed E-state index contributed by atoms with van der Waals surface area (Å²) in [5.41, 5.74) is 2.56. The molecule has 0 amide bonds. The fourth-order valence-electron chi connectivity index (χ4n) is 2.74.